The zero-order chi connectivity index (χ0) is 37.1. The summed E-state index contributed by atoms with van der Waals surface area (Å²) >= 11 is 0. The monoisotopic (exact) mass is 706 g/mol. The summed E-state index contributed by atoms with van der Waals surface area (Å²) in [5.74, 6) is -6.11. The van der Waals surface area contributed by atoms with E-state index >= 15 is 0 Å². The average Bonchev–Trinajstić information content (AvgIpc) is 3.29. The van der Waals surface area contributed by atoms with Gasteiger partial charge in [0.15, 0.2) is 18.3 Å². The number of ether oxygens (including phenoxy) is 7. The van der Waals surface area contributed by atoms with Gasteiger partial charge in [-0.2, -0.15) is 0 Å². The molecule has 2 saturated heterocycles. The van der Waals surface area contributed by atoms with Gasteiger partial charge in [-0.1, -0.05) is 61.8 Å². The fourth-order valence-corrected chi connectivity index (χ4v) is 5.26. The van der Waals surface area contributed by atoms with Gasteiger partial charge in [-0.05, 0) is 31.1 Å². The molecule has 2 rings (SSSR count). The zero-order valence-corrected chi connectivity index (χ0v) is 30.1. The molecule has 284 valence electrons. The van der Waals surface area contributed by atoms with E-state index in [0.717, 1.165) is 0 Å². The summed E-state index contributed by atoms with van der Waals surface area (Å²) in [5, 5.41) is 41.5. The Kier molecular flexibility index (Phi) is 17.3. The summed E-state index contributed by atoms with van der Waals surface area (Å²) in [4.78, 5) is 52.5. The maximum Gasteiger partial charge on any atom is 0.309 e. The maximum absolute atomic E-state index is 13.3. The minimum absolute atomic E-state index is 0.0276. The van der Waals surface area contributed by atoms with Gasteiger partial charge < -0.3 is 53.6 Å². The van der Waals surface area contributed by atoms with Gasteiger partial charge in [-0.3, -0.25) is 19.2 Å². The second-order valence-corrected chi connectivity index (χ2v) is 13.8. The van der Waals surface area contributed by atoms with Gasteiger partial charge in [0.05, 0.1) is 18.4 Å². The highest BCUT2D eigenvalue weighted by atomic mass is 16.8. The molecule has 2 unspecified atom stereocenters. The molecule has 0 aromatic carbocycles. The first-order chi connectivity index (χ1) is 23.0. The number of carbonyl (C=O) groups is 4. The molecule has 11 atom stereocenters. The van der Waals surface area contributed by atoms with Crippen LogP contribution in [0.3, 0.4) is 0 Å². The van der Waals surface area contributed by atoms with Gasteiger partial charge in [-0.25, -0.2) is 0 Å². The molecule has 0 aliphatic carbocycles. The predicted molar refractivity (Wildman–Crippen MR) is 171 cm³/mol. The van der Waals surface area contributed by atoms with E-state index in [1.807, 2.05) is 13.8 Å². The predicted octanol–water partition coefficient (Wildman–Crippen LogP) is 1.77. The number of hydrogen-bond donors (Lipinski definition) is 4. The molecule has 0 spiro atoms. The smallest absolute Gasteiger partial charge is 0.309 e. The van der Waals surface area contributed by atoms with Crippen molar-refractivity contribution >= 4 is 23.9 Å². The van der Waals surface area contributed by atoms with E-state index in [-0.39, 0.29) is 18.8 Å². The second-order valence-electron chi connectivity index (χ2n) is 13.8. The van der Waals surface area contributed by atoms with Crippen LogP contribution < -0.4 is 0 Å². The number of rotatable bonds is 19. The highest BCUT2D eigenvalue weighted by Crippen LogP contribution is 2.38. The normalized spacial score (nSPS) is 31.3. The lowest BCUT2D eigenvalue weighted by Gasteiger charge is -2.46. The molecular formula is C34H58O15. The van der Waals surface area contributed by atoms with Gasteiger partial charge in [0.2, 0.25) is 12.1 Å². The van der Waals surface area contributed by atoms with Crippen LogP contribution in [0.1, 0.15) is 93.9 Å². The first kappa shape index (κ1) is 42.8. The van der Waals surface area contributed by atoms with Crippen molar-refractivity contribution in [1.29, 1.82) is 0 Å². The summed E-state index contributed by atoms with van der Waals surface area (Å²) in [5.41, 5.74) is 0. The summed E-state index contributed by atoms with van der Waals surface area (Å²) in [6.45, 7) is 12.1. The van der Waals surface area contributed by atoms with Crippen molar-refractivity contribution in [3.05, 3.63) is 0 Å². The fourth-order valence-electron chi connectivity index (χ4n) is 5.26. The molecule has 15 nitrogen and oxygen atoms in total. The number of carbonyl (C=O) groups excluding carboxylic acids is 4. The highest BCUT2D eigenvalue weighted by Gasteiger charge is 2.61. The molecule has 0 aromatic heterocycles. The Bertz CT molecular complexity index is 1070. The van der Waals surface area contributed by atoms with Crippen molar-refractivity contribution < 1.29 is 72.8 Å². The van der Waals surface area contributed by atoms with Gasteiger partial charge >= 0.3 is 23.9 Å². The number of hydrogen-bond acceptors (Lipinski definition) is 15. The van der Waals surface area contributed by atoms with Gasteiger partial charge in [0.1, 0.15) is 37.6 Å². The molecule has 4 N–H and O–H groups in total. The Morgan fingerprint density at radius 3 is 1.92 bits per heavy atom. The van der Waals surface area contributed by atoms with E-state index in [2.05, 4.69) is 0 Å². The van der Waals surface area contributed by atoms with Crippen LogP contribution in [0.2, 0.25) is 0 Å². The molecule has 2 aliphatic heterocycles. The Morgan fingerprint density at radius 2 is 1.39 bits per heavy atom. The molecular weight excluding hydrogens is 648 g/mol. The fraction of sp³-hybridized carbons (Fsp3) is 0.882. The standard InChI is InChI=1S/C34H58O15/c1-9-20(7)31(41)43-16-23-27(46-25(38)14-19(5)6)28(45-24(37)13-11-12-18(3)4)29(47-32(42)21(8)10-2)33(44-23)49-34(17-36)30(40)26(39)22(15-35)48-34/h18-23,26-30,33,35-36,39-40H,9-17H2,1-8H3/t20?,21?,22-,23-,26-,27-,28+,29-,30+,33-,34+/m1/s1. The Hall–Kier alpha value is -2.40. The Morgan fingerprint density at radius 1 is 0.776 bits per heavy atom. The summed E-state index contributed by atoms with van der Waals surface area (Å²) < 4.78 is 40.9. The molecule has 2 heterocycles. The van der Waals surface area contributed by atoms with Crippen molar-refractivity contribution in [2.24, 2.45) is 23.7 Å². The van der Waals surface area contributed by atoms with Crippen LogP contribution in [-0.4, -0.2) is 119 Å². The maximum atomic E-state index is 13.3. The molecule has 0 saturated carbocycles. The van der Waals surface area contributed by atoms with E-state index in [4.69, 9.17) is 33.2 Å². The van der Waals surface area contributed by atoms with Crippen LogP contribution in [0, 0.1) is 23.7 Å². The third-order valence-electron chi connectivity index (χ3n) is 8.76. The lowest BCUT2D eigenvalue weighted by atomic mass is 9.97. The van der Waals surface area contributed by atoms with Crippen LogP contribution in [0.25, 0.3) is 0 Å². The minimum atomic E-state index is -2.41. The first-order valence-electron chi connectivity index (χ1n) is 17.4. The van der Waals surface area contributed by atoms with Gasteiger partial charge in [-0.15, -0.1) is 0 Å². The lowest BCUT2D eigenvalue weighted by molar-refractivity contribution is -0.384. The van der Waals surface area contributed by atoms with Gasteiger partial charge in [0, 0.05) is 12.8 Å². The minimum Gasteiger partial charge on any atom is -0.463 e. The molecule has 0 radical (unpaired) electrons. The van der Waals surface area contributed by atoms with Crippen LogP contribution in [0.5, 0.6) is 0 Å². The molecule has 0 amide bonds. The van der Waals surface area contributed by atoms with Crippen LogP contribution in [0.15, 0.2) is 0 Å². The van der Waals surface area contributed by atoms with E-state index in [1.165, 1.54) is 0 Å². The Labute approximate surface area is 288 Å². The van der Waals surface area contributed by atoms with Crippen LogP contribution >= 0.6 is 0 Å². The topological polar surface area (TPSA) is 214 Å². The second kappa shape index (κ2) is 19.8. The zero-order valence-electron chi connectivity index (χ0n) is 30.1. The third kappa shape index (κ3) is 11.8. The van der Waals surface area contributed by atoms with Crippen LogP contribution in [-0.2, 0) is 52.3 Å². The molecule has 15 heteroatoms. The molecule has 2 fully saturated rings. The first-order valence-corrected chi connectivity index (χ1v) is 17.4. The van der Waals surface area contributed by atoms with Crippen molar-refractivity contribution in [2.75, 3.05) is 19.8 Å². The highest BCUT2D eigenvalue weighted by molar-refractivity contribution is 5.73. The molecule has 49 heavy (non-hydrogen) atoms. The van der Waals surface area contributed by atoms with Crippen molar-refractivity contribution in [1.82, 2.24) is 0 Å². The summed E-state index contributed by atoms with van der Waals surface area (Å²) in [6, 6.07) is 0. The SMILES string of the molecule is CCC(C)C(=O)OC[C@H]1O[C@H](O[C@]2(CO)O[C@H](CO)[C@@H](O)[C@@H]2O)[C@H](OC(=O)C(C)CC)[C@@H](OC(=O)CCCC(C)C)[C@@H]1OC(=O)CC(C)C. The average molecular weight is 707 g/mol. The largest absolute Gasteiger partial charge is 0.463 e. The van der Waals surface area contributed by atoms with E-state index in [0.29, 0.717) is 31.6 Å². The number of aliphatic hydroxyl groups is 4. The van der Waals surface area contributed by atoms with E-state index in [1.54, 1.807) is 41.5 Å². The molecule has 0 bridgehead atoms. The molecule has 2 aliphatic rings. The van der Waals surface area contributed by atoms with E-state index in [9.17, 15) is 39.6 Å². The third-order valence-corrected chi connectivity index (χ3v) is 8.76. The van der Waals surface area contributed by atoms with Crippen LogP contribution in [0.4, 0.5) is 0 Å². The lowest BCUT2D eigenvalue weighted by Crippen LogP contribution is -2.65. The van der Waals surface area contributed by atoms with Crippen molar-refractivity contribution in [2.45, 2.75) is 149 Å². The van der Waals surface area contributed by atoms with Crippen molar-refractivity contribution in [3.63, 3.8) is 0 Å². The van der Waals surface area contributed by atoms with Gasteiger partial charge in [0.25, 0.3) is 0 Å². The summed E-state index contributed by atoms with van der Waals surface area (Å²) in [7, 11) is 0. The Balaban J connectivity index is 2.68. The molecule has 0 aromatic rings. The van der Waals surface area contributed by atoms with Crippen molar-refractivity contribution in [3.8, 4) is 0 Å². The summed E-state index contributed by atoms with van der Waals surface area (Å²) in [6.07, 6.45) is -11.0. The van der Waals surface area contributed by atoms with E-state index < -0.39 is 110 Å². The quantitative estimate of drug-likeness (QED) is 0.111. The number of esters is 4. The number of aliphatic hydroxyl groups excluding tert-OH is 4.